The second-order valence-corrected chi connectivity index (χ2v) is 7.97. The van der Waals surface area contributed by atoms with E-state index in [2.05, 4.69) is 59.8 Å². The zero-order chi connectivity index (χ0) is 13.3. The van der Waals surface area contributed by atoms with E-state index in [0.717, 1.165) is 11.8 Å². The van der Waals surface area contributed by atoms with Crippen LogP contribution in [0.4, 0.5) is 11.4 Å². The van der Waals surface area contributed by atoms with Crippen LogP contribution in [0.25, 0.3) is 0 Å². The van der Waals surface area contributed by atoms with Gasteiger partial charge in [0.2, 0.25) is 0 Å². The van der Waals surface area contributed by atoms with E-state index in [4.69, 9.17) is 5.73 Å². The molecule has 0 atom stereocenters. The average molecular weight is 502 g/mol. The summed E-state index contributed by atoms with van der Waals surface area (Å²) < 4.78 is 2.56. The number of benzene rings is 1. The first kappa shape index (κ1) is 14.3. The quantitative estimate of drug-likeness (QED) is 0.462. The highest BCUT2D eigenvalue weighted by Gasteiger charge is 2.13. The van der Waals surface area contributed by atoms with Gasteiger partial charge in [0.1, 0.15) is 0 Å². The zero-order valence-electron chi connectivity index (χ0n) is 8.84. The number of rotatable bonds is 2. The number of carbonyl (C=O) groups is 1. The lowest BCUT2D eigenvalue weighted by atomic mass is 10.2. The Balaban J connectivity index is 2.27. The van der Waals surface area contributed by atoms with Crippen LogP contribution in [-0.2, 0) is 0 Å². The standard InChI is InChI=1S/C11H7Br2IN2OS/c12-7-2-6(15)3-8(13)10(7)16-11(17)5-1-9(14)18-4-5/h1-4H,15H2,(H,16,17). The number of hydrogen-bond donors (Lipinski definition) is 2. The number of nitrogens with one attached hydrogen (secondary N) is 1. The first-order valence-corrected chi connectivity index (χ1v) is 8.31. The van der Waals surface area contributed by atoms with E-state index in [1.165, 1.54) is 11.3 Å². The normalized spacial score (nSPS) is 10.4. The molecule has 0 fully saturated rings. The molecule has 0 saturated carbocycles. The predicted molar refractivity (Wildman–Crippen MR) is 91.2 cm³/mol. The molecule has 0 aliphatic carbocycles. The molecular formula is C11H7Br2IN2OS. The third-order valence-corrected chi connectivity index (χ3v) is 5.17. The van der Waals surface area contributed by atoms with E-state index in [-0.39, 0.29) is 5.91 Å². The van der Waals surface area contributed by atoms with Crippen LogP contribution in [0.15, 0.2) is 32.5 Å². The Labute approximate surface area is 139 Å². The van der Waals surface area contributed by atoms with Gasteiger partial charge in [0, 0.05) is 20.0 Å². The van der Waals surface area contributed by atoms with E-state index in [1.54, 1.807) is 12.1 Å². The average Bonchev–Trinajstić information content (AvgIpc) is 2.70. The zero-order valence-corrected chi connectivity index (χ0v) is 15.0. The van der Waals surface area contributed by atoms with E-state index in [9.17, 15) is 4.79 Å². The monoisotopic (exact) mass is 500 g/mol. The fraction of sp³-hybridized carbons (Fsp3) is 0. The molecular weight excluding hydrogens is 495 g/mol. The van der Waals surface area contributed by atoms with Crippen LogP contribution >= 0.6 is 65.8 Å². The summed E-state index contributed by atoms with van der Waals surface area (Å²) in [7, 11) is 0. The van der Waals surface area contributed by atoms with Crippen molar-refractivity contribution in [2.75, 3.05) is 11.1 Å². The predicted octanol–water partition coefficient (Wildman–Crippen LogP) is 4.71. The van der Waals surface area contributed by atoms with Gasteiger partial charge in [0.05, 0.1) is 14.1 Å². The number of anilines is 2. The molecule has 2 aromatic rings. The summed E-state index contributed by atoms with van der Waals surface area (Å²) in [6, 6.07) is 5.34. The highest BCUT2D eigenvalue weighted by molar-refractivity contribution is 14.1. The third-order valence-electron chi connectivity index (χ3n) is 2.13. The van der Waals surface area contributed by atoms with Crippen LogP contribution in [0.2, 0.25) is 0 Å². The van der Waals surface area contributed by atoms with Crippen LogP contribution in [0, 0.1) is 2.88 Å². The van der Waals surface area contributed by atoms with Crippen molar-refractivity contribution in [3.05, 3.63) is 41.0 Å². The van der Waals surface area contributed by atoms with Gasteiger partial charge in [0.25, 0.3) is 5.91 Å². The van der Waals surface area contributed by atoms with Gasteiger partial charge >= 0.3 is 0 Å². The van der Waals surface area contributed by atoms with Gasteiger partial charge in [0.15, 0.2) is 0 Å². The van der Waals surface area contributed by atoms with Crippen molar-refractivity contribution in [3.8, 4) is 0 Å². The molecule has 18 heavy (non-hydrogen) atoms. The van der Waals surface area contributed by atoms with Gasteiger partial charge in [-0.05, 0) is 72.6 Å². The summed E-state index contributed by atoms with van der Waals surface area (Å²) in [5.41, 5.74) is 7.65. The first-order chi connectivity index (χ1) is 8.47. The van der Waals surface area contributed by atoms with Crippen LogP contribution in [0.5, 0.6) is 0 Å². The highest BCUT2D eigenvalue weighted by atomic mass is 127. The van der Waals surface area contributed by atoms with Gasteiger partial charge in [-0.15, -0.1) is 11.3 Å². The number of nitrogens with two attached hydrogens (primary N) is 1. The third kappa shape index (κ3) is 3.25. The molecule has 1 aromatic heterocycles. The molecule has 0 unspecified atom stereocenters. The second kappa shape index (κ2) is 5.89. The second-order valence-electron chi connectivity index (χ2n) is 3.45. The summed E-state index contributed by atoms with van der Waals surface area (Å²) >= 11 is 10.5. The molecule has 0 aliphatic rings. The lowest BCUT2D eigenvalue weighted by Crippen LogP contribution is -2.12. The molecule has 0 aliphatic heterocycles. The van der Waals surface area contributed by atoms with Crippen molar-refractivity contribution in [3.63, 3.8) is 0 Å². The molecule has 1 heterocycles. The number of hydrogen-bond acceptors (Lipinski definition) is 3. The van der Waals surface area contributed by atoms with E-state index in [0.29, 0.717) is 16.9 Å². The van der Waals surface area contributed by atoms with Gasteiger partial charge in [-0.2, -0.15) is 0 Å². The minimum atomic E-state index is -0.139. The van der Waals surface area contributed by atoms with Crippen LogP contribution in [0.1, 0.15) is 10.4 Å². The fourth-order valence-corrected chi connectivity index (χ4v) is 4.07. The molecule has 1 aromatic carbocycles. The molecule has 1 amide bonds. The maximum Gasteiger partial charge on any atom is 0.256 e. The summed E-state index contributed by atoms with van der Waals surface area (Å²) in [6.45, 7) is 0. The Bertz CT molecular complexity index is 592. The van der Waals surface area contributed by atoms with Crippen molar-refractivity contribution in [1.29, 1.82) is 0 Å². The number of halogens is 3. The van der Waals surface area contributed by atoms with E-state index in [1.807, 2.05) is 11.4 Å². The lowest BCUT2D eigenvalue weighted by Gasteiger charge is -2.09. The minimum absolute atomic E-state index is 0.139. The number of nitrogen functional groups attached to an aromatic ring is 1. The first-order valence-electron chi connectivity index (χ1n) is 4.77. The Hall–Kier alpha value is -0.120. The Kier molecular flexibility index (Phi) is 4.68. The van der Waals surface area contributed by atoms with Crippen molar-refractivity contribution in [1.82, 2.24) is 0 Å². The summed E-state index contributed by atoms with van der Waals surface area (Å²) in [5, 5.41) is 4.68. The maximum absolute atomic E-state index is 12.0. The van der Waals surface area contributed by atoms with Crippen molar-refractivity contribution in [2.24, 2.45) is 0 Å². The van der Waals surface area contributed by atoms with Gasteiger partial charge < -0.3 is 11.1 Å². The molecule has 0 radical (unpaired) electrons. The maximum atomic E-state index is 12.0. The van der Waals surface area contributed by atoms with Crippen LogP contribution < -0.4 is 11.1 Å². The molecule has 7 heteroatoms. The Morgan fingerprint density at radius 3 is 2.39 bits per heavy atom. The summed E-state index contributed by atoms with van der Waals surface area (Å²) in [6.07, 6.45) is 0. The van der Waals surface area contributed by atoms with Gasteiger partial charge in [-0.25, -0.2) is 0 Å². The minimum Gasteiger partial charge on any atom is -0.399 e. The van der Waals surface area contributed by atoms with Crippen molar-refractivity contribution < 1.29 is 4.79 Å². The van der Waals surface area contributed by atoms with E-state index >= 15 is 0 Å². The summed E-state index contributed by atoms with van der Waals surface area (Å²) in [5.74, 6) is -0.139. The molecule has 3 nitrogen and oxygen atoms in total. The fourth-order valence-electron chi connectivity index (χ4n) is 1.33. The SMILES string of the molecule is Nc1cc(Br)c(NC(=O)c2csc(I)c2)c(Br)c1. The Morgan fingerprint density at radius 1 is 1.28 bits per heavy atom. The number of carbonyl (C=O) groups excluding carboxylic acids is 1. The topological polar surface area (TPSA) is 55.1 Å². The van der Waals surface area contributed by atoms with E-state index < -0.39 is 0 Å². The van der Waals surface area contributed by atoms with Gasteiger partial charge in [-0.1, -0.05) is 0 Å². The molecule has 3 N–H and O–H groups in total. The highest BCUT2D eigenvalue weighted by Crippen LogP contribution is 2.33. The number of amides is 1. The number of thiophene rings is 1. The van der Waals surface area contributed by atoms with Crippen molar-refractivity contribution in [2.45, 2.75) is 0 Å². The smallest absolute Gasteiger partial charge is 0.256 e. The van der Waals surface area contributed by atoms with Gasteiger partial charge in [-0.3, -0.25) is 4.79 Å². The molecule has 2 rings (SSSR count). The lowest BCUT2D eigenvalue weighted by molar-refractivity contribution is 0.102. The Morgan fingerprint density at radius 2 is 1.89 bits per heavy atom. The largest absolute Gasteiger partial charge is 0.399 e. The molecule has 94 valence electrons. The van der Waals surface area contributed by atoms with Crippen molar-refractivity contribution >= 4 is 83.1 Å². The molecule has 0 saturated heterocycles. The summed E-state index contributed by atoms with van der Waals surface area (Å²) in [4.78, 5) is 12.0. The van der Waals surface area contributed by atoms with Crippen LogP contribution in [-0.4, -0.2) is 5.91 Å². The molecule has 0 spiro atoms. The van der Waals surface area contributed by atoms with Crippen LogP contribution in [0.3, 0.4) is 0 Å². The molecule has 0 bridgehead atoms.